The number of carbonyl (C=O) groups is 1. The summed E-state index contributed by atoms with van der Waals surface area (Å²) < 4.78 is 5.01. The minimum atomic E-state index is 0.000520. The number of hydrogen-bond donors (Lipinski definition) is 0. The SMILES string of the molecule is CCOC(=O)C1C[C@@H]1CCc1ccccc1. The third-order valence-electron chi connectivity index (χ3n) is 3.16. The van der Waals surface area contributed by atoms with Crippen molar-refractivity contribution >= 4 is 5.97 Å². The molecule has 0 aliphatic heterocycles. The molecule has 2 rings (SSSR count). The van der Waals surface area contributed by atoms with Gasteiger partial charge in [0.05, 0.1) is 12.5 Å². The van der Waals surface area contributed by atoms with Gasteiger partial charge in [-0.15, -0.1) is 0 Å². The van der Waals surface area contributed by atoms with Crippen LogP contribution in [0.4, 0.5) is 0 Å². The zero-order valence-electron chi connectivity index (χ0n) is 9.69. The maximum Gasteiger partial charge on any atom is 0.309 e. The van der Waals surface area contributed by atoms with E-state index in [4.69, 9.17) is 4.74 Å². The molecule has 86 valence electrons. The van der Waals surface area contributed by atoms with Crippen LogP contribution >= 0.6 is 0 Å². The summed E-state index contributed by atoms with van der Waals surface area (Å²) in [5.41, 5.74) is 1.36. The van der Waals surface area contributed by atoms with Crippen molar-refractivity contribution in [3.63, 3.8) is 0 Å². The summed E-state index contributed by atoms with van der Waals surface area (Å²) in [6.07, 6.45) is 3.20. The van der Waals surface area contributed by atoms with Crippen molar-refractivity contribution in [2.24, 2.45) is 11.8 Å². The molecule has 1 fully saturated rings. The minimum Gasteiger partial charge on any atom is -0.466 e. The summed E-state index contributed by atoms with van der Waals surface area (Å²) in [4.78, 5) is 11.4. The number of ether oxygens (including phenoxy) is 1. The van der Waals surface area contributed by atoms with E-state index in [2.05, 4.69) is 24.3 Å². The highest BCUT2D eigenvalue weighted by Gasteiger charge is 2.43. The second-order valence-electron chi connectivity index (χ2n) is 4.38. The molecule has 0 spiro atoms. The summed E-state index contributed by atoms with van der Waals surface area (Å²) in [6, 6.07) is 10.4. The normalized spacial score (nSPS) is 22.8. The molecule has 0 aromatic heterocycles. The third-order valence-corrected chi connectivity index (χ3v) is 3.16. The molecular formula is C14H18O2. The van der Waals surface area contributed by atoms with Crippen molar-refractivity contribution in [2.75, 3.05) is 6.61 Å². The fourth-order valence-corrected chi connectivity index (χ4v) is 2.10. The first-order valence-corrected chi connectivity index (χ1v) is 6.02. The Morgan fingerprint density at radius 2 is 2.12 bits per heavy atom. The van der Waals surface area contributed by atoms with Gasteiger partial charge in [0.1, 0.15) is 0 Å². The van der Waals surface area contributed by atoms with Gasteiger partial charge in [0.15, 0.2) is 0 Å². The number of rotatable bonds is 5. The lowest BCUT2D eigenvalue weighted by molar-refractivity contribution is -0.145. The van der Waals surface area contributed by atoms with Gasteiger partial charge in [-0.1, -0.05) is 30.3 Å². The molecule has 2 heteroatoms. The maximum atomic E-state index is 11.4. The Hall–Kier alpha value is -1.31. The topological polar surface area (TPSA) is 26.3 Å². The lowest BCUT2D eigenvalue weighted by atomic mass is 10.1. The van der Waals surface area contributed by atoms with Crippen LogP contribution in [0.5, 0.6) is 0 Å². The molecule has 2 nitrogen and oxygen atoms in total. The van der Waals surface area contributed by atoms with Crippen LogP contribution in [0.2, 0.25) is 0 Å². The molecule has 1 aromatic rings. The predicted molar refractivity (Wildman–Crippen MR) is 63.0 cm³/mol. The van der Waals surface area contributed by atoms with Gasteiger partial charge in [-0.25, -0.2) is 0 Å². The lowest BCUT2D eigenvalue weighted by Crippen LogP contribution is -2.07. The summed E-state index contributed by atoms with van der Waals surface area (Å²) in [5, 5.41) is 0. The van der Waals surface area contributed by atoms with E-state index in [1.54, 1.807) is 0 Å². The van der Waals surface area contributed by atoms with Gasteiger partial charge in [0.2, 0.25) is 0 Å². The average molecular weight is 218 g/mol. The van der Waals surface area contributed by atoms with Crippen molar-refractivity contribution in [2.45, 2.75) is 26.2 Å². The molecule has 0 saturated heterocycles. The van der Waals surface area contributed by atoms with Crippen molar-refractivity contribution in [1.29, 1.82) is 0 Å². The van der Waals surface area contributed by atoms with Gasteiger partial charge in [-0.2, -0.15) is 0 Å². The van der Waals surface area contributed by atoms with Crippen LogP contribution in [-0.2, 0) is 16.0 Å². The van der Waals surface area contributed by atoms with E-state index < -0.39 is 0 Å². The smallest absolute Gasteiger partial charge is 0.309 e. The standard InChI is InChI=1S/C14H18O2/c1-2-16-14(15)13-10-12(13)9-8-11-6-4-3-5-7-11/h3-7,12-13H,2,8-10H2,1H3/t12-,13?/m0/s1. The predicted octanol–water partition coefficient (Wildman–Crippen LogP) is 2.82. The molecule has 1 unspecified atom stereocenters. The average Bonchev–Trinajstić information content (AvgIpc) is 3.08. The van der Waals surface area contributed by atoms with Crippen molar-refractivity contribution in [1.82, 2.24) is 0 Å². The summed E-state index contributed by atoms with van der Waals surface area (Å²) >= 11 is 0. The first-order valence-electron chi connectivity index (χ1n) is 6.02. The molecule has 16 heavy (non-hydrogen) atoms. The van der Waals surface area contributed by atoms with Crippen molar-refractivity contribution in [3.05, 3.63) is 35.9 Å². The van der Waals surface area contributed by atoms with Gasteiger partial charge < -0.3 is 4.74 Å². The van der Waals surface area contributed by atoms with Gasteiger partial charge in [0.25, 0.3) is 0 Å². The summed E-state index contributed by atoms with van der Waals surface area (Å²) in [7, 11) is 0. The van der Waals surface area contributed by atoms with Crippen LogP contribution in [0.1, 0.15) is 25.3 Å². The van der Waals surface area contributed by atoms with Gasteiger partial charge in [-0.05, 0) is 37.7 Å². The van der Waals surface area contributed by atoms with E-state index in [0.717, 1.165) is 19.3 Å². The van der Waals surface area contributed by atoms with Crippen molar-refractivity contribution in [3.8, 4) is 0 Å². The van der Waals surface area contributed by atoms with E-state index in [0.29, 0.717) is 12.5 Å². The van der Waals surface area contributed by atoms with Crippen LogP contribution in [0.15, 0.2) is 30.3 Å². The molecule has 1 aliphatic rings. The zero-order chi connectivity index (χ0) is 11.4. The highest BCUT2D eigenvalue weighted by Crippen LogP contribution is 2.42. The van der Waals surface area contributed by atoms with Gasteiger partial charge in [0, 0.05) is 0 Å². The van der Waals surface area contributed by atoms with Crippen LogP contribution in [-0.4, -0.2) is 12.6 Å². The van der Waals surface area contributed by atoms with E-state index in [1.165, 1.54) is 5.56 Å². The number of esters is 1. The molecule has 1 aromatic carbocycles. The highest BCUT2D eigenvalue weighted by atomic mass is 16.5. The molecule has 0 bridgehead atoms. The molecule has 0 heterocycles. The first-order chi connectivity index (χ1) is 7.81. The summed E-state index contributed by atoms with van der Waals surface area (Å²) in [5.74, 6) is 0.739. The van der Waals surface area contributed by atoms with E-state index in [1.807, 2.05) is 13.0 Å². The molecule has 1 aliphatic carbocycles. The fraction of sp³-hybridized carbons (Fsp3) is 0.500. The van der Waals surface area contributed by atoms with Crippen LogP contribution in [0.3, 0.4) is 0 Å². The number of benzene rings is 1. The Bertz CT molecular complexity index is 345. The zero-order valence-corrected chi connectivity index (χ0v) is 9.69. The van der Waals surface area contributed by atoms with E-state index in [-0.39, 0.29) is 11.9 Å². The van der Waals surface area contributed by atoms with Gasteiger partial charge in [-0.3, -0.25) is 4.79 Å². The van der Waals surface area contributed by atoms with Gasteiger partial charge >= 0.3 is 5.97 Å². The van der Waals surface area contributed by atoms with E-state index in [9.17, 15) is 4.79 Å². The molecule has 0 amide bonds. The number of carbonyl (C=O) groups excluding carboxylic acids is 1. The number of hydrogen-bond acceptors (Lipinski definition) is 2. The quantitative estimate of drug-likeness (QED) is 0.710. The Morgan fingerprint density at radius 3 is 2.81 bits per heavy atom. The van der Waals surface area contributed by atoms with Crippen molar-refractivity contribution < 1.29 is 9.53 Å². The Morgan fingerprint density at radius 1 is 1.38 bits per heavy atom. The highest BCUT2D eigenvalue weighted by molar-refractivity contribution is 5.75. The van der Waals surface area contributed by atoms with E-state index >= 15 is 0 Å². The maximum absolute atomic E-state index is 11.4. The minimum absolute atomic E-state index is 0.000520. The second-order valence-corrected chi connectivity index (χ2v) is 4.38. The molecule has 1 saturated carbocycles. The van der Waals surface area contributed by atoms with Crippen LogP contribution < -0.4 is 0 Å². The first kappa shape index (κ1) is 11.2. The Labute approximate surface area is 96.6 Å². The Kier molecular flexibility index (Phi) is 3.60. The molecule has 0 radical (unpaired) electrons. The monoisotopic (exact) mass is 218 g/mol. The Balaban J connectivity index is 1.72. The van der Waals surface area contributed by atoms with Crippen LogP contribution in [0, 0.1) is 11.8 Å². The second kappa shape index (κ2) is 5.15. The fourth-order valence-electron chi connectivity index (χ4n) is 2.10. The third kappa shape index (κ3) is 2.84. The lowest BCUT2D eigenvalue weighted by Gasteiger charge is -2.01. The van der Waals surface area contributed by atoms with Crippen LogP contribution in [0.25, 0.3) is 0 Å². The number of aryl methyl sites for hydroxylation is 1. The largest absolute Gasteiger partial charge is 0.466 e. The molecule has 2 atom stereocenters. The molecular weight excluding hydrogens is 200 g/mol. The summed E-state index contributed by atoms with van der Waals surface area (Å²) in [6.45, 7) is 2.36. The molecule has 0 N–H and O–H groups in total.